The molecule has 3 atom stereocenters. The Kier molecular flexibility index (Phi) is 3.57. The van der Waals surface area contributed by atoms with E-state index in [1.165, 1.54) is 0 Å². The highest BCUT2D eigenvalue weighted by Crippen LogP contribution is 2.40. The molecule has 5 heteroatoms. The molecular formula is C10H21N3O2. The van der Waals surface area contributed by atoms with Gasteiger partial charge < -0.3 is 21.4 Å². The Labute approximate surface area is 90.3 Å². The van der Waals surface area contributed by atoms with Gasteiger partial charge in [-0.2, -0.15) is 0 Å². The maximum atomic E-state index is 9.56. The molecule has 0 radical (unpaired) electrons. The van der Waals surface area contributed by atoms with Crippen molar-refractivity contribution in [2.75, 3.05) is 0 Å². The molecular weight excluding hydrogens is 194 g/mol. The molecule has 0 aromatic heterocycles. The van der Waals surface area contributed by atoms with Crippen molar-refractivity contribution in [2.45, 2.75) is 51.8 Å². The van der Waals surface area contributed by atoms with Crippen molar-refractivity contribution in [1.29, 1.82) is 0 Å². The van der Waals surface area contributed by atoms with E-state index in [9.17, 15) is 5.11 Å². The summed E-state index contributed by atoms with van der Waals surface area (Å²) >= 11 is 0. The van der Waals surface area contributed by atoms with Gasteiger partial charge in [0.05, 0.1) is 6.10 Å². The Hall–Kier alpha value is -0.810. The third-order valence-electron chi connectivity index (χ3n) is 3.35. The highest BCUT2D eigenvalue weighted by Gasteiger charge is 2.47. The fraction of sp³-hybridized carbons (Fsp3) is 0.900. The minimum atomic E-state index is -0.231. The normalized spacial score (nSPS) is 32.1. The molecule has 3 unspecified atom stereocenters. The van der Waals surface area contributed by atoms with Crippen molar-refractivity contribution in [1.82, 2.24) is 5.32 Å². The van der Waals surface area contributed by atoms with E-state index in [-0.39, 0.29) is 23.4 Å². The number of rotatable bonds is 4. The van der Waals surface area contributed by atoms with E-state index in [1.807, 2.05) is 20.8 Å². The standard InChI is InChI=1S/C10H21N3O2/c1-6(4-9(11)13-15)12-7-5-8(14)10(7,2)3/h6-8,12,14-15H,4-5H2,1-3H3,(H2,11,13). The van der Waals surface area contributed by atoms with Crippen LogP contribution in [0, 0.1) is 5.41 Å². The van der Waals surface area contributed by atoms with Gasteiger partial charge in [0.15, 0.2) is 0 Å². The maximum absolute atomic E-state index is 9.56. The van der Waals surface area contributed by atoms with Crippen LogP contribution in [0.3, 0.4) is 0 Å². The van der Waals surface area contributed by atoms with Gasteiger partial charge >= 0.3 is 0 Å². The Morgan fingerprint density at radius 3 is 2.67 bits per heavy atom. The number of hydrogen-bond acceptors (Lipinski definition) is 4. The highest BCUT2D eigenvalue weighted by atomic mass is 16.4. The maximum Gasteiger partial charge on any atom is 0.140 e. The van der Waals surface area contributed by atoms with Gasteiger partial charge in [-0.05, 0) is 13.3 Å². The predicted octanol–water partition coefficient (Wildman–Crippen LogP) is 0.260. The molecule has 0 bridgehead atoms. The highest BCUT2D eigenvalue weighted by molar-refractivity contribution is 5.80. The van der Waals surface area contributed by atoms with E-state index in [1.54, 1.807) is 0 Å². The van der Waals surface area contributed by atoms with E-state index in [0.29, 0.717) is 12.5 Å². The molecule has 1 aliphatic carbocycles. The molecule has 5 N–H and O–H groups in total. The predicted molar refractivity (Wildman–Crippen MR) is 58.8 cm³/mol. The van der Waals surface area contributed by atoms with Gasteiger partial charge in [0.1, 0.15) is 5.84 Å². The molecule has 0 aliphatic heterocycles. The Bertz CT molecular complexity index is 253. The van der Waals surface area contributed by atoms with Crippen LogP contribution in [-0.4, -0.2) is 34.3 Å². The average molecular weight is 215 g/mol. The lowest BCUT2D eigenvalue weighted by atomic mass is 9.64. The molecule has 5 nitrogen and oxygen atoms in total. The Morgan fingerprint density at radius 2 is 2.27 bits per heavy atom. The van der Waals surface area contributed by atoms with Gasteiger partial charge in [-0.1, -0.05) is 19.0 Å². The van der Waals surface area contributed by atoms with Gasteiger partial charge in [-0.25, -0.2) is 0 Å². The molecule has 0 amide bonds. The van der Waals surface area contributed by atoms with E-state index < -0.39 is 0 Å². The lowest BCUT2D eigenvalue weighted by Crippen LogP contribution is -2.61. The number of nitrogens with zero attached hydrogens (tertiary/aromatic N) is 1. The van der Waals surface area contributed by atoms with Gasteiger partial charge in [0.2, 0.25) is 0 Å². The third-order valence-corrected chi connectivity index (χ3v) is 3.35. The van der Waals surface area contributed by atoms with Crippen molar-refractivity contribution in [3.8, 4) is 0 Å². The molecule has 15 heavy (non-hydrogen) atoms. The average Bonchev–Trinajstić information content (AvgIpc) is 2.17. The molecule has 0 heterocycles. The quantitative estimate of drug-likeness (QED) is 0.234. The van der Waals surface area contributed by atoms with Gasteiger partial charge in [0.25, 0.3) is 0 Å². The van der Waals surface area contributed by atoms with Crippen LogP contribution in [0.15, 0.2) is 5.16 Å². The van der Waals surface area contributed by atoms with Crippen LogP contribution in [0.25, 0.3) is 0 Å². The summed E-state index contributed by atoms with van der Waals surface area (Å²) in [6, 6.07) is 0.451. The SMILES string of the molecule is CC(CC(N)=NO)NC1CC(O)C1(C)C. The van der Waals surface area contributed by atoms with Crippen LogP contribution >= 0.6 is 0 Å². The number of oxime groups is 1. The second kappa shape index (κ2) is 4.37. The monoisotopic (exact) mass is 215 g/mol. The number of amidine groups is 1. The number of nitrogens with one attached hydrogen (secondary N) is 1. The first-order chi connectivity index (χ1) is 6.87. The lowest BCUT2D eigenvalue weighted by molar-refractivity contribution is -0.0750. The third kappa shape index (κ3) is 2.60. The fourth-order valence-electron chi connectivity index (χ4n) is 1.94. The van der Waals surface area contributed by atoms with E-state index in [0.717, 1.165) is 6.42 Å². The molecule has 88 valence electrons. The van der Waals surface area contributed by atoms with Crippen molar-refractivity contribution >= 4 is 5.84 Å². The van der Waals surface area contributed by atoms with Crippen molar-refractivity contribution < 1.29 is 10.3 Å². The van der Waals surface area contributed by atoms with Crippen LogP contribution in [0.4, 0.5) is 0 Å². The summed E-state index contributed by atoms with van der Waals surface area (Å²) in [4.78, 5) is 0. The van der Waals surface area contributed by atoms with Crippen LogP contribution < -0.4 is 11.1 Å². The summed E-state index contributed by atoms with van der Waals surface area (Å²) in [7, 11) is 0. The molecule has 0 aromatic carbocycles. The van der Waals surface area contributed by atoms with Crippen LogP contribution in [0.2, 0.25) is 0 Å². The lowest BCUT2D eigenvalue weighted by Gasteiger charge is -2.50. The molecule has 1 saturated carbocycles. The number of hydrogen-bond donors (Lipinski definition) is 4. The topological polar surface area (TPSA) is 90.9 Å². The summed E-state index contributed by atoms with van der Waals surface area (Å²) in [6.07, 6.45) is 1.05. The van der Waals surface area contributed by atoms with Crippen molar-refractivity contribution in [3.63, 3.8) is 0 Å². The van der Waals surface area contributed by atoms with E-state index in [4.69, 9.17) is 10.9 Å². The minimum absolute atomic E-state index is 0.0839. The molecule has 0 spiro atoms. The second-order valence-electron chi connectivity index (χ2n) is 4.99. The number of aliphatic hydroxyl groups excluding tert-OH is 1. The summed E-state index contributed by atoms with van der Waals surface area (Å²) in [5.41, 5.74) is 5.33. The van der Waals surface area contributed by atoms with Gasteiger partial charge in [0, 0.05) is 23.9 Å². The zero-order chi connectivity index (χ0) is 11.6. The molecule has 1 rings (SSSR count). The Balaban J connectivity index is 2.37. The molecule has 1 aliphatic rings. The fourth-order valence-corrected chi connectivity index (χ4v) is 1.94. The zero-order valence-electron chi connectivity index (χ0n) is 9.57. The molecule has 0 saturated heterocycles. The Morgan fingerprint density at radius 1 is 1.67 bits per heavy atom. The number of nitrogens with two attached hydrogens (primary N) is 1. The molecule has 0 aromatic rings. The smallest absolute Gasteiger partial charge is 0.140 e. The summed E-state index contributed by atoms with van der Waals surface area (Å²) in [6.45, 7) is 6.06. The minimum Gasteiger partial charge on any atom is -0.409 e. The summed E-state index contributed by atoms with van der Waals surface area (Å²) < 4.78 is 0. The summed E-state index contributed by atoms with van der Waals surface area (Å²) in [5, 5.41) is 24.3. The van der Waals surface area contributed by atoms with E-state index in [2.05, 4.69) is 10.5 Å². The van der Waals surface area contributed by atoms with Crippen LogP contribution in [-0.2, 0) is 0 Å². The van der Waals surface area contributed by atoms with Crippen molar-refractivity contribution in [3.05, 3.63) is 0 Å². The first-order valence-electron chi connectivity index (χ1n) is 5.28. The largest absolute Gasteiger partial charge is 0.409 e. The first kappa shape index (κ1) is 12.3. The van der Waals surface area contributed by atoms with E-state index >= 15 is 0 Å². The van der Waals surface area contributed by atoms with Crippen molar-refractivity contribution in [2.24, 2.45) is 16.3 Å². The second-order valence-corrected chi connectivity index (χ2v) is 4.99. The zero-order valence-corrected chi connectivity index (χ0v) is 9.57. The van der Waals surface area contributed by atoms with Gasteiger partial charge in [-0.3, -0.25) is 0 Å². The molecule has 1 fully saturated rings. The summed E-state index contributed by atoms with van der Waals surface area (Å²) in [5.74, 6) is 0.229. The number of aliphatic hydroxyl groups is 1. The van der Waals surface area contributed by atoms with Gasteiger partial charge in [-0.15, -0.1) is 0 Å². The first-order valence-corrected chi connectivity index (χ1v) is 5.28. The van der Waals surface area contributed by atoms with Crippen LogP contribution in [0.1, 0.15) is 33.6 Å². The van der Waals surface area contributed by atoms with Crippen LogP contribution in [0.5, 0.6) is 0 Å².